The normalized spacial score (nSPS) is 14.8. The van der Waals surface area contributed by atoms with E-state index in [0.717, 1.165) is 17.1 Å². The van der Waals surface area contributed by atoms with E-state index in [1.807, 2.05) is 0 Å². The number of hydrogen-bond acceptors (Lipinski definition) is 1. The Morgan fingerprint density at radius 3 is 0.914 bits per heavy atom. The molecule has 1 heteroatoms. The molecule has 0 aromatic heterocycles. The molecule has 0 bridgehead atoms. The van der Waals surface area contributed by atoms with Crippen LogP contribution in [-0.2, 0) is 16.2 Å². The molecule has 3 aliphatic rings. The van der Waals surface area contributed by atoms with Crippen LogP contribution in [0.15, 0.2) is 224 Å². The first kappa shape index (κ1) is 42.1. The lowest BCUT2D eigenvalue weighted by Crippen LogP contribution is -2.16. The molecule has 0 saturated heterocycles. The number of nitrogens with zero attached hydrogens (tertiary/aromatic N) is 1. The largest absolute Gasteiger partial charge is 0.310 e. The minimum Gasteiger partial charge on any atom is -0.310 e. The molecule has 0 unspecified atom stereocenters. The minimum atomic E-state index is -0.165. The first-order valence-electron chi connectivity index (χ1n) is 24.9. The zero-order chi connectivity index (χ0) is 47.5. The molecule has 0 saturated carbocycles. The van der Waals surface area contributed by atoms with Gasteiger partial charge < -0.3 is 4.90 Å². The monoisotopic (exact) mass is 897 g/mol. The van der Waals surface area contributed by atoms with Gasteiger partial charge in [0.05, 0.1) is 0 Å². The van der Waals surface area contributed by atoms with Gasteiger partial charge in [-0.15, -0.1) is 0 Å². The molecule has 0 spiro atoms. The molecule has 70 heavy (non-hydrogen) atoms. The third kappa shape index (κ3) is 6.31. The Bertz CT molecular complexity index is 3540. The van der Waals surface area contributed by atoms with Crippen molar-refractivity contribution in [2.45, 2.75) is 57.8 Å². The van der Waals surface area contributed by atoms with Crippen molar-refractivity contribution in [2.75, 3.05) is 4.90 Å². The fourth-order valence-corrected chi connectivity index (χ4v) is 12.6. The fraction of sp³-hybridized carbons (Fsp3) is 0.130. The van der Waals surface area contributed by atoms with Crippen LogP contribution in [0.2, 0.25) is 0 Å². The lowest BCUT2D eigenvalue weighted by molar-refractivity contribution is 0.660. The quantitative estimate of drug-likeness (QED) is 0.154. The smallest absolute Gasteiger partial charge is 0.0468 e. The Labute approximate surface area is 413 Å². The molecule has 10 aromatic rings. The van der Waals surface area contributed by atoms with Gasteiger partial charge in [0.25, 0.3) is 0 Å². The third-order valence-electron chi connectivity index (χ3n) is 16.3. The van der Waals surface area contributed by atoms with Crippen LogP contribution in [0.5, 0.6) is 0 Å². The van der Waals surface area contributed by atoms with Gasteiger partial charge in [0, 0.05) is 33.3 Å². The molecule has 0 N–H and O–H groups in total. The zero-order valence-corrected chi connectivity index (χ0v) is 40.8. The maximum Gasteiger partial charge on any atom is 0.0468 e. The van der Waals surface area contributed by atoms with E-state index in [1.54, 1.807) is 0 Å². The zero-order valence-electron chi connectivity index (χ0n) is 40.8. The van der Waals surface area contributed by atoms with E-state index in [2.05, 4.69) is 271 Å². The van der Waals surface area contributed by atoms with E-state index in [0.29, 0.717) is 0 Å². The van der Waals surface area contributed by atoms with E-state index in [9.17, 15) is 0 Å². The van der Waals surface area contributed by atoms with E-state index < -0.39 is 0 Å². The number of anilines is 3. The second kappa shape index (κ2) is 15.5. The fourth-order valence-electron chi connectivity index (χ4n) is 12.6. The van der Waals surface area contributed by atoms with Crippen LogP contribution in [0.1, 0.15) is 74.9 Å². The van der Waals surface area contributed by atoms with Gasteiger partial charge in [0.1, 0.15) is 0 Å². The summed E-state index contributed by atoms with van der Waals surface area (Å²) in [6, 6.07) is 84.5. The third-order valence-corrected chi connectivity index (χ3v) is 16.3. The average Bonchev–Trinajstić information content (AvgIpc) is 3.88. The van der Waals surface area contributed by atoms with E-state index in [-0.39, 0.29) is 16.2 Å². The van der Waals surface area contributed by atoms with Crippen LogP contribution in [0.4, 0.5) is 17.1 Å². The van der Waals surface area contributed by atoms with Crippen molar-refractivity contribution in [3.63, 3.8) is 0 Å². The molecule has 0 radical (unpaired) electrons. The number of rotatable bonds is 7. The van der Waals surface area contributed by atoms with E-state index in [4.69, 9.17) is 0 Å². The van der Waals surface area contributed by atoms with Crippen molar-refractivity contribution >= 4 is 17.1 Å². The van der Waals surface area contributed by atoms with Crippen LogP contribution in [-0.4, -0.2) is 0 Å². The average molecular weight is 898 g/mol. The molecule has 336 valence electrons. The molecule has 1 nitrogen and oxygen atoms in total. The molecule has 13 rings (SSSR count). The van der Waals surface area contributed by atoms with Crippen molar-refractivity contribution in [3.05, 3.63) is 258 Å². The van der Waals surface area contributed by atoms with Crippen LogP contribution in [0.3, 0.4) is 0 Å². The number of benzene rings is 10. The summed E-state index contributed by atoms with van der Waals surface area (Å²) in [7, 11) is 0. The second-order valence-electron chi connectivity index (χ2n) is 21.3. The first-order valence-corrected chi connectivity index (χ1v) is 24.9. The molecular weight excluding hydrogens is 843 g/mol. The summed E-state index contributed by atoms with van der Waals surface area (Å²) in [6.07, 6.45) is 0. The maximum absolute atomic E-state index is 2.51. The van der Waals surface area contributed by atoms with Crippen LogP contribution in [0.25, 0.3) is 77.9 Å². The summed E-state index contributed by atoms with van der Waals surface area (Å²) >= 11 is 0. The van der Waals surface area contributed by atoms with Gasteiger partial charge in [0.2, 0.25) is 0 Å². The Morgan fingerprint density at radius 1 is 0.214 bits per heavy atom. The van der Waals surface area contributed by atoms with Gasteiger partial charge in [-0.2, -0.15) is 0 Å². The van der Waals surface area contributed by atoms with Crippen molar-refractivity contribution < 1.29 is 0 Å². The van der Waals surface area contributed by atoms with Gasteiger partial charge in [-0.3, -0.25) is 0 Å². The summed E-state index contributed by atoms with van der Waals surface area (Å²) in [5, 5.41) is 0. The Hall–Kier alpha value is -8.00. The van der Waals surface area contributed by atoms with Gasteiger partial charge in [-0.1, -0.05) is 217 Å². The highest BCUT2D eigenvalue weighted by Crippen LogP contribution is 2.54. The van der Waals surface area contributed by atoms with Crippen LogP contribution < -0.4 is 4.90 Å². The van der Waals surface area contributed by atoms with Crippen LogP contribution in [0, 0.1) is 0 Å². The van der Waals surface area contributed by atoms with Crippen molar-refractivity contribution in [1.82, 2.24) is 0 Å². The molecule has 10 aromatic carbocycles. The molecule has 0 amide bonds. The molecule has 0 heterocycles. The SMILES string of the molecule is CC1(C)c2ccccc2-c2ccc(-c3cc(N(c4ccc(-c5ccccc5)c(-c5ccc6c(c5)C(C)(C)c5ccccc5-6)c4)c4ccc5c(c4)C(C)(C)c4ccccc4-5)ccc3-c3ccccc3)cc21. The highest BCUT2D eigenvalue weighted by atomic mass is 15.1. The molecule has 3 aliphatic carbocycles. The van der Waals surface area contributed by atoms with Gasteiger partial charge in [-0.05, 0) is 160 Å². The highest BCUT2D eigenvalue weighted by Gasteiger charge is 2.38. The predicted octanol–water partition coefficient (Wildman–Crippen LogP) is 18.7. The number of hydrogen-bond donors (Lipinski definition) is 0. The van der Waals surface area contributed by atoms with Crippen molar-refractivity contribution in [3.8, 4) is 77.9 Å². The van der Waals surface area contributed by atoms with E-state index >= 15 is 0 Å². The van der Waals surface area contributed by atoms with Crippen molar-refractivity contribution in [2.24, 2.45) is 0 Å². The molecule has 0 aliphatic heterocycles. The summed E-state index contributed by atoms with van der Waals surface area (Å²) in [6.45, 7) is 14.3. The predicted molar refractivity (Wildman–Crippen MR) is 296 cm³/mol. The maximum atomic E-state index is 2.51. The summed E-state index contributed by atoms with van der Waals surface area (Å²) in [5.74, 6) is 0. The summed E-state index contributed by atoms with van der Waals surface area (Å²) in [5.41, 5.74) is 28.8. The lowest BCUT2D eigenvalue weighted by atomic mass is 9.81. The highest BCUT2D eigenvalue weighted by molar-refractivity contribution is 5.95. The molecule has 0 fully saturated rings. The molecular formula is C69H55N. The first-order chi connectivity index (χ1) is 34.0. The second-order valence-corrected chi connectivity index (χ2v) is 21.3. The topological polar surface area (TPSA) is 3.24 Å². The Balaban J connectivity index is 1.04. The summed E-state index contributed by atoms with van der Waals surface area (Å²) in [4.78, 5) is 2.51. The van der Waals surface area contributed by atoms with Crippen molar-refractivity contribution in [1.29, 1.82) is 0 Å². The van der Waals surface area contributed by atoms with Gasteiger partial charge in [-0.25, -0.2) is 0 Å². The Morgan fingerprint density at radius 2 is 0.514 bits per heavy atom. The molecule has 0 atom stereocenters. The summed E-state index contributed by atoms with van der Waals surface area (Å²) < 4.78 is 0. The standard InChI is InChI=1S/C69H55N/c1-67(2)61-26-16-13-23-53(61)56-34-29-46(39-64(56)67)59-41-48(31-36-51(59)44-19-9-7-10-20-44)70(50-33-38-58-55-25-15-18-28-63(55)69(5,6)66(58)43-50)49-32-37-52(45-21-11-8-12-22-45)60(42-49)47-30-35-57-54-24-14-17-27-62(54)68(3,4)65(57)40-47/h7-43H,1-6H3. The van der Waals surface area contributed by atoms with Gasteiger partial charge >= 0.3 is 0 Å². The minimum absolute atomic E-state index is 0.125. The lowest BCUT2D eigenvalue weighted by Gasteiger charge is -2.30. The number of fused-ring (bicyclic) bond motifs is 9. The Kier molecular flexibility index (Phi) is 9.33. The van der Waals surface area contributed by atoms with Gasteiger partial charge in [0.15, 0.2) is 0 Å². The van der Waals surface area contributed by atoms with Crippen LogP contribution >= 0.6 is 0 Å². The van der Waals surface area contributed by atoms with E-state index in [1.165, 1.54) is 111 Å².